The van der Waals surface area contributed by atoms with Crippen molar-refractivity contribution in [3.8, 4) is 6.07 Å². The molecule has 0 aliphatic carbocycles. The zero-order valence-corrected chi connectivity index (χ0v) is 11.2. The van der Waals surface area contributed by atoms with E-state index in [0.29, 0.717) is 19.3 Å². The van der Waals surface area contributed by atoms with Crippen molar-refractivity contribution in [2.24, 2.45) is 0 Å². The van der Waals surface area contributed by atoms with Crippen molar-refractivity contribution in [2.45, 2.75) is 38.1 Å². The van der Waals surface area contributed by atoms with Gasteiger partial charge >= 0.3 is 5.97 Å². The third-order valence-corrected chi connectivity index (χ3v) is 2.90. The van der Waals surface area contributed by atoms with E-state index in [0.717, 1.165) is 5.56 Å². The van der Waals surface area contributed by atoms with Crippen LogP contribution in [0, 0.1) is 11.3 Å². The number of nitriles is 1. The summed E-state index contributed by atoms with van der Waals surface area (Å²) < 4.78 is 0. The number of carbonyl (C=O) groups is 2. The maximum absolute atomic E-state index is 11.7. The monoisotopic (exact) mass is 274 g/mol. The molecule has 0 saturated heterocycles. The van der Waals surface area contributed by atoms with Crippen LogP contribution < -0.4 is 5.32 Å². The first kappa shape index (κ1) is 15.7. The molecule has 0 spiro atoms. The molecule has 2 N–H and O–H groups in total. The van der Waals surface area contributed by atoms with Crippen LogP contribution in [0.2, 0.25) is 0 Å². The third kappa shape index (κ3) is 6.01. The van der Waals surface area contributed by atoms with E-state index in [-0.39, 0.29) is 18.7 Å². The number of carboxylic acid groups (broad SMARTS) is 1. The predicted octanol–water partition coefficient (Wildman–Crippen LogP) is 1.88. The summed E-state index contributed by atoms with van der Waals surface area (Å²) in [5.74, 6) is -1.34. The van der Waals surface area contributed by atoms with E-state index >= 15 is 0 Å². The van der Waals surface area contributed by atoms with Gasteiger partial charge in [-0.1, -0.05) is 30.3 Å². The summed E-state index contributed by atoms with van der Waals surface area (Å²) in [5, 5.41) is 19.9. The second kappa shape index (κ2) is 8.70. The minimum absolute atomic E-state index is 0.256. The van der Waals surface area contributed by atoms with Gasteiger partial charge in [-0.05, 0) is 24.8 Å². The minimum Gasteiger partial charge on any atom is -0.480 e. The number of rotatable bonds is 8. The van der Waals surface area contributed by atoms with Crippen LogP contribution >= 0.6 is 0 Å². The van der Waals surface area contributed by atoms with E-state index in [2.05, 4.69) is 5.32 Å². The molecule has 0 heterocycles. The van der Waals surface area contributed by atoms with Gasteiger partial charge in [-0.3, -0.25) is 4.79 Å². The van der Waals surface area contributed by atoms with Gasteiger partial charge in [0, 0.05) is 12.8 Å². The Hall–Kier alpha value is -2.35. The van der Waals surface area contributed by atoms with E-state index < -0.39 is 12.0 Å². The second-order valence-electron chi connectivity index (χ2n) is 4.49. The van der Waals surface area contributed by atoms with Crippen molar-refractivity contribution < 1.29 is 14.7 Å². The molecule has 1 atom stereocenters. The van der Waals surface area contributed by atoms with Gasteiger partial charge in [0.25, 0.3) is 0 Å². The zero-order chi connectivity index (χ0) is 14.8. The van der Waals surface area contributed by atoms with E-state index in [9.17, 15) is 9.59 Å². The zero-order valence-electron chi connectivity index (χ0n) is 11.2. The highest BCUT2D eigenvalue weighted by Crippen LogP contribution is 2.04. The molecule has 0 bridgehead atoms. The molecule has 0 aromatic heterocycles. The van der Waals surface area contributed by atoms with Crippen LogP contribution in [0.3, 0.4) is 0 Å². The topological polar surface area (TPSA) is 90.2 Å². The van der Waals surface area contributed by atoms with Gasteiger partial charge in [-0.25, -0.2) is 4.79 Å². The highest BCUT2D eigenvalue weighted by atomic mass is 16.4. The second-order valence-corrected chi connectivity index (χ2v) is 4.49. The van der Waals surface area contributed by atoms with Crippen LogP contribution in [0.25, 0.3) is 0 Å². The Morgan fingerprint density at radius 2 is 2.00 bits per heavy atom. The SMILES string of the molecule is N#CCCC[C@H](NC(=O)CCc1ccccc1)C(=O)O. The smallest absolute Gasteiger partial charge is 0.326 e. The van der Waals surface area contributed by atoms with E-state index in [4.69, 9.17) is 10.4 Å². The van der Waals surface area contributed by atoms with E-state index in [1.165, 1.54) is 0 Å². The molecule has 1 rings (SSSR count). The van der Waals surface area contributed by atoms with Crippen molar-refractivity contribution in [3.05, 3.63) is 35.9 Å². The number of aliphatic carboxylic acids is 1. The van der Waals surface area contributed by atoms with Crippen molar-refractivity contribution >= 4 is 11.9 Å². The third-order valence-electron chi connectivity index (χ3n) is 2.90. The summed E-state index contributed by atoms with van der Waals surface area (Å²) in [5.41, 5.74) is 1.04. The lowest BCUT2D eigenvalue weighted by Gasteiger charge is -2.13. The Balaban J connectivity index is 2.38. The average Bonchev–Trinajstić information content (AvgIpc) is 2.45. The number of hydrogen-bond acceptors (Lipinski definition) is 3. The molecule has 0 aliphatic rings. The molecule has 106 valence electrons. The Morgan fingerprint density at radius 1 is 1.30 bits per heavy atom. The molecule has 0 radical (unpaired) electrons. The molecule has 5 heteroatoms. The molecular formula is C15H18N2O3. The largest absolute Gasteiger partial charge is 0.480 e. The van der Waals surface area contributed by atoms with E-state index in [1.807, 2.05) is 36.4 Å². The lowest BCUT2D eigenvalue weighted by Crippen LogP contribution is -2.40. The average molecular weight is 274 g/mol. The lowest BCUT2D eigenvalue weighted by atomic mass is 10.1. The van der Waals surface area contributed by atoms with Crippen molar-refractivity contribution in [3.63, 3.8) is 0 Å². The van der Waals surface area contributed by atoms with E-state index in [1.54, 1.807) is 0 Å². The molecule has 1 aromatic rings. The van der Waals surface area contributed by atoms with Crippen LogP contribution in [-0.2, 0) is 16.0 Å². The molecule has 0 unspecified atom stereocenters. The Bertz CT molecular complexity index is 480. The van der Waals surface area contributed by atoms with Crippen LogP contribution in [0.15, 0.2) is 30.3 Å². The van der Waals surface area contributed by atoms with Gasteiger partial charge in [0.05, 0.1) is 6.07 Å². The number of carbonyl (C=O) groups excluding carboxylic acids is 1. The maximum Gasteiger partial charge on any atom is 0.326 e. The summed E-state index contributed by atoms with van der Waals surface area (Å²) in [6.07, 6.45) is 1.87. The molecule has 0 fully saturated rings. The van der Waals surface area contributed by atoms with Gasteiger partial charge < -0.3 is 10.4 Å². The number of nitrogens with one attached hydrogen (secondary N) is 1. The van der Waals surface area contributed by atoms with Crippen molar-refractivity contribution in [1.29, 1.82) is 5.26 Å². The molecular weight excluding hydrogens is 256 g/mol. The predicted molar refractivity (Wildman–Crippen MR) is 73.8 cm³/mol. The first-order valence-corrected chi connectivity index (χ1v) is 6.56. The molecule has 1 aromatic carbocycles. The van der Waals surface area contributed by atoms with Crippen LogP contribution in [0.4, 0.5) is 0 Å². The fourth-order valence-corrected chi connectivity index (χ4v) is 1.81. The number of nitrogens with zero attached hydrogens (tertiary/aromatic N) is 1. The number of benzene rings is 1. The fraction of sp³-hybridized carbons (Fsp3) is 0.400. The lowest BCUT2D eigenvalue weighted by molar-refractivity contribution is -0.142. The Labute approximate surface area is 118 Å². The van der Waals surface area contributed by atoms with Crippen LogP contribution in [0.1, 0.15) is 31.2 Å². The molecule has 0 saturated carbocycles. The van der Waals surface area contributed by atoms with Gasteiger partial charge in [-0.2, -0.15) is 5.26 Å². The van der Waals surface area contributed by atoms with Crippen LogP contribution in [0.5, 0.6) is 0 Å². The number of carboxylic acids is 1. The molecule has 0 aliphatic heterocycles. The summed E-state index contributed by atoms with van der Waals surface area (Å²) in [7, 11) is 0. The normalized spacial score (nSPS) is 11.3. The Morgan fingerprint density at radius 3 is 2.60 bits per heavy atom. The number of amides is 1. The first-order chi connectivity index (χ1) is 9.63. The number of unbranched alkanes of at least 4 members (excludes halogenated alkanes) is 1. The highest BCUT2D eigenvalue weighted by Gasteiger charge is 2.19. The maximum atomic E-state index is 11.7. The van der Waals surface area contributed by atoms with Gasteiger partial charge in [0.15, 0.2) is 0 Å². The Kier molecular flexibility index (Phi) is 6.83. The summed E-state index contributed by atoms with van der Waals surface area (Å²) in [6, 6.07) is 10.6. The van der Waals surface area contributed by atoms with Gasteiger partial charge in [0.1, 0.15) is 6.04 Å². The molecule has 5 nitrogen and oxygen atoms in total. The number of aryl methyl sites for hydroxylation is 1. The van der Waals surface area contributed by atoms with Gasteiger partial charge in [-0.15, -0.1) is 0 Å². The first-order valence-electron chi connectivity index (χ1n) is 6.56. The number of hydrogen-bond donors (Lipinski definition) is 2. The quantitative estimate of drug-likeness (QED) is 0.708. The minimum atomic E-state index is -1.06. The van der Waals surface area contributed by atoms with Crippen molar-refractivity contribution in [2.75, 3.05) is 0 Å². The molecule has 1 amide bonds. The highest BCUT2D eigenvalue weighted by molar-refractivity contribution is 5.83. The fourth-order valence-electron chi connectivity index (χ4n) is 1.81. The standard InChI is InChI=1S/C15H18N2O3/c16-11-5-4-8-13(15(19)20)17-14(18)10-9-12-6-2-1-3-7-12/h1-3,6-7,13H,4-5,8-10H2,(H,17,18)(H,19,20)/t13-/m0/s1. The summed E-state index contributed by atoms with van der Waals surface area (Å²) in [6.45, 7) is 0. The summed E-state index contributed by atoms with van der Waals surface area (Å²) >= 11 is 0. The summed E-state index contributed by atoms with van der Waals surface area (Å²) in [4.78, 5) is 22.7. The van der Waals surface area contributed by atoms with Gasteiger partial charge in [0.2, 0.25) is 5.91 Å². The van der Waals surface area contributed by atoms with Crippen LogP contribution in [-0.4, -0.2) is 23.0 Å². The van der Waals surface area contributed by atoms with Crippen molar-refractivity contribution in [1.82, 2.24) is 5.32 Å². The molecule has 20 heavy (non-hydrogen) atoms.